The molecular formula is C12H13N3O4S. The standard InChI is InChI=1S/C12H13N3O4S/c13-6-9-1-2-11(14-7-9)15-3-4-20(18,19)8-10(15)5-12(16)17/h1-2,7,10H,3-5,8H2,(H,16,17). The molecule has 8 heteroatoms. The average molecular weight is 295 g/mol. The van der Waals surface area contributed by atoms with Gasteiger partial charge in [0.25, 0.3) is 0 Å². The second kappa shape index (κ2) is 5.46. The van der Waals surface area contributed by atoms with E-state index < -0.39 is 21.8 Å². The van der Waals surface area contributed by atoms with Crippen LogP contribution < -0.4 is 4.90 Å². The van der Waals surface area contributed by atoms with Crippen LogP contribution in [0.3, 0.4) is 0 Å². The van der Waals surface area contributed by atoms with Crippen LogP contribution in [0.1, 0.15) is 12.0 Å². The number of anilines is 1. The van der Waals surface area contributed by atoms with Gasteiger partial charge in [0, 0.05) is 12.7 Å². The van der Waals surface area contributed by atoms with Crippen LogP contribution in [-0.2, 0) is 14.6 Å². The summed E-state index contributed by atoms with van der Waals surface area (Å²) in [4.78, 5) is 16.6. The van der Waals surface area contributed by atoms with Crippen molar-refractivity contribution < 1.29 is 18.3 Å². The number of hydrogen-bond acceptors (Lipinski definition) is 6. The first-order valence-electron chi connectivity index (χ1n) is 5.96. The van der Waals surface area contributed by atoms with Gasteiger partial charge in [-0.3, -0.25) is 4.79 Å². The summed E-state index contributed by atoms with van der Waals surface area (Å²) in [6.45, 7) is 0.208. The molecule has 1 fully saturated rings. The number of pyridine rings is 1. The molecule has 20 heavy (non-hydrogen) atoms. The summed E-state index contributed by atoms with van der Waals surface area (Å²) >= 11 is 0. The number of aliphatic carboxylic acids is 1. The normalized spacial score (nSPS) is 21.1. The second-order valence-corrected chi connectivity index (χ2v) is 6.81. The van der Waals surface area contributed by atoms with Crippen molar-refractivity contribution in [3.63, 3.8) is 0 Å². The Hall–Kier alpha value is -2.14. The van der Waals surface area contributed by atoms with Gasteiger partial charge in [-0.05, 0) is 12.1 Å². The molecular weight excluding hydrogens is 282 g/mol. The Morgan fingerprint density at radius 1 is 1.55 bits per heavy atom. The smallest absolute Gasteiger partial charge is 0.305 e. The Labute approximate surface area is 116 Å². The van der Waals surface area contributed by atoms with Crippen LogP contribution in [0, 0.1) is 11.3 Å². The van der Waals surface area contributed by atoms with Crippen LogP contribution in [0.2, 0.25) is 0 Å². The van der Waals surface area contributed by atoms with Crippen molar-refractivity contribution in [2.75, 3.05) is 23.0 Å². The number of nitrogens with zero attached hydrogens (tertiary/aromatic N) is 3. The van der Waals surface area contributed by atoms with Crippen LogP contribution >= 0.6 is 0 Å². The van der Waals surface area contributed by atoms with E-state index >= 15 is 0 Å². The predicted molar refractivity (Wildman–Crippen MR) is 71.0 cm³/mol. The number of carboxylic acids is 1. The van der Waals surface area contributed by atoms with E-state index in [0.29, 0.717) is 11.4 Å². The van der Waals surface area contributed by atoms with Gasteiger partial charge in [0.1, 0.15) is 11.9 Å². The van der Waals surface area contributed by atoms with Gasteiger partial charge in [-0.25, -0.2) is 13.4 Å². The van der Waals surface area contributed by atoms with Gasteiger partial charge in [-0.1, -0.05) is 0 Å². The summed E-state index contributed by atoms with van der Waals surface area (Å²) in [5, 5.41) is 17.6. The minimum Gasteiger partial charge on any atom is -0.481 e. The lowest BCUT2D eigenvalue weighted by Crippen LogP contribution is -2.49. The molecule has 1 atom stereocenters. The quantitative estimate of drug-likeness (QED) is 0.837. The molecule has 1 unspecified atom stereocenters. The number of aromatic nitrogens is 1. The molecule has 0 bridgehead atoms. The van der Waals surface area contributed by atoms with Gasteiger partial charge < -0.3 is 10.0 Å². The average Bonchev–Trinajstić information content (AvgIpc) is 2.37. The SMILES string of the molecule is N#Cc1ccc(N2CCS(=O)(=O)CC2CC(=O)O)nc1. The summed E-state index contributed by atoms with van der Waals surface area (Å²) in [6, 6.07) is 4.49. The first-order chi connectivity index (χ1) is 9.41. The molecule has 1 saturated heterocycles. The Bertz CT molecular complexity index is 648. The topological polar surface area (TPSA) is 111 Å². The molecule has 1 aliphatic rings. The van der Waals surface area contributed by atoms with Crippen molar-refractivity contribution in [3.8, 4) is 6.07 Å². The summed E-state index contributed by atoms with van der Waals surface area (Å²) in [6.07, 6.45) is 1.12. The molecule has 1 aromatic rings. The molecule has 2 rings (SSSR count). The van der Waals surface area contributed by atoms with Gasteiger partial charge in [0.2, 0.25) is 0 Å². The van der Waals surface area contributed by atoms with Gasteiger partial charge in [-0.2, -0.15) is 5.26 Å². The fourth-order valence-corrected chi connectivity index (χ4v) is 3.71. The highest BCUT2D eigenvalue weighted by Gasteiger charge is 2.33. The first kappa shape index (κ1) is 14.3. The van der Waals surface area contributed by atoms with E-state index in [9.17, 15) is 13.2 Å². The number of nitriles is 1. The van der Waals surface area contributed by atoms with Crippen LogP contribution in [0.4, 0.5) is 5.82 Å². The third-order valence-electron chi connectivity index (χ3n) is 3.11. The van der Waals surface area contributed by atoms with Crippen LogP contribution in [0.5, 0.6) is 0 Å². The van der Waals surface area contributed by atoms with Crippen LogP contribution in [0.15, 0.2) is 18.3 Å². The van der Waals surface area contributed by atoms with Gasteiger partial charge in [-0.15, -0.1) is 0 Å². The van der Waals surface area contributed by atoms with Crippen LogP contribution in [0.25, 0.3) is 0 Å². The molecule has 0 aliphatic carbocycles. The molecule has 2 heterocycles. The highest BCUT2D eigenvalue weighted by atomic mass is 32.2. The van der Waals surface area contributed by atoms with Crippen molar-refractivity contribution in [1.29, 1.82) is 5.26 Å². The monoisotopic (exact) mass is 295 g/mol. The number of rotatable bonds is 3. The zero-order valence-electron chi connectivity index (χ0n) is 10.6. The summed E-state index contributed by atoms with van der Waals surface area (Å²) in [5.74, 6) is -0.776. The molecule has 0 spiro atoms. The van der Waals surface area contributed by atoms with Crippen molar-refractivity contribution in [2.45, 2.75) is 12.5 Å². The van der Waals surface area contributed by atoms with E-state index in [1.165, 1.54) is 6.20 Å². The molecule has 106 valence electrons. The largest absolute Gasteiger partial charge is 0.481 e. The number of hydrogen-bond donors (Lipinski definition) is 1. The fourth-order valence-electron chi connectivity index (χ4n) is 2.18. The van der Waals surface area contributed by atoms with Crippen molar-refractivity contribution in [2.24, 2.45) is 0 Å². The Morgan fingerprint density at radius 2 is 2.30 bits per heavy atom. The molecule has 0 aromatic carbocycles. The Balaban J connectivity index is 2.27. The highest BCUT2D eigenvalue weighted by Crippen LogP contribution is 2.21. The minimum atomic E-state index is -3.22. The van der Waals surface area contributed by atoms with E-state index in [1.54, 1.807) is 17.0 Å². The maximum absolute atomic E-state index is 11.6. The van der Waals surface area contributed by atoms with Crippen molar-refractivity contribution >= 4 is 21.6 Å². The number of carbonyl (C=O) groups is 1. The molecule has 1 N–H and O–H groups in total. The zero-order chi connectivity index (χ0) is 14.8. The molecule has 1 aromatic heterocycles. The summed E-state index contributed by atoms with van der Waals surface area (Å²) in [5.41, 5.74) is 0.396. The molecule has 1 aliphatic heterocycles. The van der Waals surface area contributed by atoms with E-state index in [4.69, 9.17) is 10.4 Å². The Kier molecular flexibility index (Phi) is 3.90. The van der Waals surface area contributed by atoms with E-state index in [-0.39, 0.29) is 24.5 Å². The van der Waals surface area contributed by atoms with Crippen molar-refractivity contribution in [1.82, 2.24) is 4.98 Å². The van der Waals surface area contributed by atoms with Crippen LogP contribution in [-0.4, -0.2) is 48.6 Å². The molecule has 7 nitrogen and oxygen atoms in total. The van der Waals surface area contributed by atoms with E-state index in [0.717, 1.165) is 0 Å². The fraction of sp³-hybridized carbons (Fsp3) is 0.417. The highest BCUT2D eigenvalue weighted by molar-refractivity contribution is 7.91. The maximum atomic E-state index is 11.6. The predicted octanol–water partition coefficient (Wildman–Crippen LogP) is 0.0314. The molecule has 0 amide bonds. The van der Waals surface area contributed by atoms with E-state index in [1.807, 2.05) is 6.07 Å². The van der Waals surface area contributed by atoms with Gasteiger partial charge in [0.05, 0.1) is 29.5 Å². The first-order valence-corrected chi connectivity index (χ1v) is 7.78. The third-order valence-corrected chi connectivity index (χ3v) is 4.81. The zero-order valence-corrected chi connectivity index (χ0v) is 11.4. The Morgan fingerprint density at radius 3 is 2.85 bits per heavy atom. The summed E-state index contributed by atoms with van der Waals surface area (Å²) < 4.78 is 23.3. The van der Waals surface area contributed by atoms with Gasteiger partial charge >= 0.3 is 5.97 Å². The number of sulfone groups is 1. The van der Waals surface area contributed by atoms with E-state index in [2.05, 4.69) is 4.98 Å². The lowest BCUT2D eigenvalue weighted by molar-refractivity contribution is -0.137. The maximum Gasteiger partial charge on any atom is 0.305 e. The molecule has 0 radical (unpaired) electrons. The lowest BCUT2D eigenvalue weighted by Gasteiger charge is -2.35. The molecule has 0 saturated carbocycles. The summed E-state index contributed by atoms with van der Waals surface area (Å²) in [7, 11) is -3.22. The minimum absolute atomic E-state index is 0.0230. The van der Waals surface area contributed by atoms with Crippen molar-refractivity contribution in [3.05, 3.63) is 23.9 Å². The van der Waals surface area contributed by atoms with Gasteiger partial charge in [0.15, 0.2) is 9.84 Å². The second-order valence-electron chi connectivity index (χ2n) is 4.58. The number of carboxylic acid groups (broad SMARTS) is 1. The third kappa shape index (κ3) is 3.24. The lowest BCUT2D eigenvalue weighted by atomic mass is 10.2.